The molecule has 0 aliphatic carbocycles. The number of carbonyl (C=O) groups excluding carboxylic acids is 1. The predicted molar refractivity (Wildman–Crippen MR) is 88.1 cm³/mol. The van der Waals surface area contributed by atoms with Crippen molar-refractivity contribution < 1.29 is 9.53 Å². The Kier molecular flexibility index (Phi) is 4.92. The van der Waals surface area contributed by atoms with Crippen molar-refractivity contribution in [3.05, 3.63) is 53.6 Å². The minimum Gasteiger partial charge on any atom is -0.381 e. The maximum absolute atomic E-state index is 12.6. The second-order valence-electron chi connectivity index (χ2n) is 5.99. The largest absolute Gasteiger partial charge is 0.381 e. The molecule has 1 aliphatic rings. The molecule has 0 radical (unpaired) electrons. The molecule has 3 rings (SSSR count). The molecule has 1 aromatic carbocycles. The van der Waals surface area contributed by atoms with E-state index in [-0.39, 0.29) is 11.9 Å². The summed E-state index contributed by atoms with van der Waals surface area (Å²) in [4.78, 5) is 17.1. The van der Waals surface area contributed by atoms with Gasteiger partial charge in [-0.05, 0) is 43.0 Å². The van der Waals surface area contributed by atoms with Gasteiger partial charge in [0.25, 0.3) is 5.91 Å². The number of aromatic nitrogens is 2. The van der Waals surface area contributed by atoms with Crippen molar-refractivity contribution in [3.8, 4) is 6.07 Å². The summed E-state index contributed by atoms with van der Waals surface area (Å²) in [6.07, 6.45) is 5.42. The van der Waals surface area contributed by atoms with E-state index in [2.05, 4.69) is 16.4 Å². The molecule has 2 heterocycles. The second-order valence-corrected chi connectivity index (χ2v) is 5.99. The van der Waals surface area contributed by atoms with Gasteiger partial charge < -0.3 is 14.6 Å². The van der Waals surface area contributed by atoms with E-state index in [1.165, 1.54) is 0 Å². The van der Waals surface area contributed by atoms with Crippen molar-refractivity contribution in [2.75, 3.05) is 13.2 Å². The lowest BCUT2D eigenvalue weighted by Gasteiger charge is -2.30. The molecule has 0 saturated carbocycles. The minimum absolute atomic E-state index is 0.154. The van der Waals surface area contributed by atoms with E-state index < -0.39 is 0 Å². The quantitative estimate of drug-likeness (QED) is 0.935. The third kappa shape index (κ3) is 3.47. The van der Waals surface area contributed by atoms with E-state index in [1.54, 1.807) is 30.5 Å². The third-order valence-electron chi connectivity index (χ3n) is 4.44. The third-order valence-corrected chi connectivity index (χ3v) is 4.44. The molecule has 1 amide bonds. The molecule has 1 saturated heterocycles. The average Bonchev–Trinajstić information content (AvgIpc) is 3.06. The smallest absolute Gasteiger partial charge is 0.251 e. The average molecular weight is 324 g/mol. The Labute approximate surface area is 141 Å². The van der Waals surface area contributed by atoms with Gasteiger partial charge in [-0.25, -0.2) is 4.98 Å². The molecule has 1 atom stereocenters. The number of nitrogens with one attached hydrogen (secondary N) is 1. The van der Waals surface area contributed by atoms with Crippen molar-refractivity contribution in [3.63, 3.8) is 0 Å². The van der Waals surface area contributed by atoms with E-state index in [4.69, 9.17) is 10.00 Å². The van der Waals surface area contributed by atoms with Gasteiger partial charge in [0.05, 0.1) is 17.7 Å². The highest BCUT2D eigenvalue weighted by Crippen LogP contribution is 2.29. The zero-order chi connectivity index (χ0) is 16.9. The summed E-state index contributed by atoms with van der Waals surface area (Å²) in [5, 5.41) is 12.0. The van der Waals surface area contributed by atoms with Crippen LogP contribution in [-0.4, -0.2) is 28.7 Å². The number of benzene rings is 1. The first-order valence-electron chi connectivity index (χ1n) is 8.05. The van der Waals surface area contributed by atoms with Crippen molar-refractivity contribution in [2.45, 2.75) is 18.9 Å². The van der Waals surface area contributed by atoms with Gasteiger partial charge in [-0.2, -0.15) is 5.26 Å². The fraction of sp³-hybridized carbons (Fsp3) is 0.389. The monoisotopic (exact) mass is 324 g/mol. The van der Waals surface area contributed by atoms with Gasteiger partial charge in [-0.15, -0.1) is 0 Å². The molecular weight excluding hydrogens is 304 g/mol. The van der Waals surface area contributed by atoms with Crippen LogP contribution in [0.25, 0.3) is 0 Å². The van der Waals surface area contributed by atoms with Gasteiger partial charge in [-0.1, -0.05) is 0 Å². The topological polar surface area (TPSA) is 79.9 Å². The fourth-order valence-electron chi connectivity index (χ4n) is 3.04. The Morgan fingerprint density at radius 3 is 2.67 bits per heavy atom. The molecule has 1 aromatic heterocycles. The zero-order valence-electron chi connectivity index (χ0n) is 13.6. The number of imidazole rings is 1. The first-order valence-corrected chi connectivity index (χ1v) is 8.05. The summed E-state index contributed by atoms with van der Waals surface area (Å²) in [5.74, 6) is 0.991. The van der Waals surface area contributed by atoms with E-state index in [0.29, 0.717) is 30.3 Å². The highest BCUT2D eigenvalue weighted by molar-refractivity contribution is 5.94. The van der Waals surface area contributed by atoms with Crippen LogP contribution in [0.4, 0.5) is 0 Å². The number of aryl methyl sites for hydroxylation is 1. The Morgan fingerprint density at radius 1 is 1.38 bits per heavy atom. The Bertz CT molecular complexity index is 739. The maximum atomic E-state index is 12.6. The number of carbonyl (C=O) groups is 1. The molecule has 1 fully saturated rings. The number of ether oxygens (including phenoxy) is 1. The second kappa shape index (κ2) is 7.28. The molecule has 6 heteroatoms. The Morgan fingerprint density at radius 2 is 2.08 bits per heavy atom. The summed E-state index contributed by atoms with van der Waals surface area (Å²) in [6, 6.07) is 8.55. The first-order chi connectivity index (χ1) is 11.7. The molecule has 0 unspecified atom stereocenters. The lowest BCUT2D eigenvalue weighted by atomic mass is 9.90. The minimum atomic E-state index is -0.156. The summed E-state index contributed by atoms with van der Waals surface area (Å²) >= 11 is 0. The predicted octanol–water partition coefficient (Wildman–Crippen LogP) is 2.19. The zero-order valence-corrected chi connectivity index (χ0v) is 13.6. The van der Waals surface area contributed by atoms with Crippen LogP contribution in [0.5, 0.6) is 0 Å². The fourth-order valence-corrected chi connectivity index (χ4v) is 3.04. The highest BCUT2D eigenvalue weighted by Gasteiger charge is 2.29. The Hall–Kier alpha value is -2.65. The molecule has 0 bridgehead atoms. The van der Waals surface area contributed by atoms with Crippen LogP contribution in [0.15, 0.2) is 36.7 Å². The van der Waals surface area contributed by atoms with Gasteiger partial charge in [0, 0.05) is 38.2 Å². The molecule has 1 aliphatic heterocycles. The van der Waals surface area contributed by atoms with Crippen LogP contribution in [0.1, 0.15) is 40.6 Å². The molecule has 0 spiro atoms. The number of nitriles is 1. The summed E-state index contributed by atoms with van der Waals surface area (Å²) in [6.45, 7) is 1.41. The van der Waals surface area contributed by atoms with E-state index in [9.17, 15) is 4.79 Å². The van der Waals surface area contributed by atoms with Gasteiger partial charge >= 0.3 is 0 Å². The van der Waals surface area contributed by atoms with Gasteiger partial charge in [0.15, 0.2) is 0 Å². The standard InChI is InChI=1S/C18H20N4O2/c1-22-9-8-20-17(22)16(14-6-10-24-11-7-14)21-18(23)15-4-2-13(12-19)3-5-15/h2-5,8-9,14,16H,6-7,10-11H2,1H3,(H,21,23)/t16-/m0/s1. The van der Waals surface area contributed by atoms with Crippen LogP contribution in [0, 0.1) is 17.2 Å². The van der Waals surface area contributed by atoms with Gasteiger partial charge in [0.2, 0.25) is 0 Å². The summed E-state index contributed by atoms with van der Waals surface area (Å²) in [5.41, 5.74) is 1.08. The van der Waals surface area contributed by atoms with Crippen molar-refractivity contribution in [1.29, 1.82) is 5.26 Å². The molecule has 24 heavy (non-hydrogen) atoms. The summed E-state index contributed by atoms with van der Waals surface area (Å²) < 4.78 is 7.39. The van der Waals surface area contributed by atoms with Crippen LogP contribution in [-0.2, 0) is 11.8 Å². The van der Waals surface area contributed by atoms with Gasteiger partial charge in [-0.3, -0.25) is 4.79 Å². The van der Waals surface area contributed by atoms with Crippen LogP contribution in [0.2, 0.25) is 0 Å². The lowest BCUT2D eigenvalue weighted by molar-refractivity contribution is 0.0499. The molecule has 1 N–H and O–H groups in total. The van der Waals surface area contributed by atoms with Crippen LogP contribution < -0.4 is 5.32 Å². The van der Waals surface area contributed by atoms with Crippen LogP contribution >= 0.6 is 0 Å². The first kappa shape index (κ1) is 16.2. The van der Waals surface area contributed by atoms with E-state index in [1.807, 2.05) is 17.8 Å². The van der Waals surface area contributed by atoms with Gasteiger partial charge in [0.1, 0.15) is 5.82 Å². The number of hydrogen-bond acceptors (Lipinski definition) is 4. The highest BCUT2D eigenvalue weighted by atomic mass is 16.5. The molecule has 6 nitrogen and oxygen atoms in total. The van der Waals surface area contributed by atoms with E-state index in [0.717, 1.165) is 18.7 Å². The van der Waals surface area contributed by atoms with Crippen molar-refractivity contribution >= 4 is 5.91 Å². The van der Waals surface area contributed by atoms with E-state index >= 15 is 0 Å². The molecular formula is C18H20N4O2. The normalized spacial score (nSPS) is 16.3. The Balaban J connectivity index is 1.81. The molecule has 2 aromatic rings. The number of nitrogens with zero attached hydrogens (tertiary/aromatic N) is 3. The van der Waals surface area contributed by atoms with Crippen molar-refractivity contribution in [2.24, 2.45) is 13.0 Å². The van der Waals surface area contributed by atoms with Crippen LogP contribution in [0.3, 0.4) is 0 Å². The van der Waals surface area contributed by atoms with Crippen molar-refractivity contribution in [1.82, 2.24) is 14.9 Å². The lowest BCUT2D eigenvalue weighted by Crippen LogP contribution is -2.37. The maximum Gasteiger partial charge on any atom is 0.251 e. The number of rotatable bonds is 4. The molecule has 124 valence electrons. The number of hydrogen-bond donors (Lipinski definition) is 1. The number of amides is 1. The summed E-state index contributed by atoms with van der Waals surface area (Å²) in [7, 11) is 1.93. The SMILES string of the molecule is Cn1ccnc1[C@@H](NC(=O)c1ccc(C#N)cc1)C1CCOCC1.